The summed E-state index contributed by atoms with van der Waals surface area (Å²) in [7, 11) is 3.95. The molecule has 0 aliphatic rings. The molecule has 2 aromatic heterocycles. The third-order valence-electron chi connectivity index (χ3n) is 3.85. The number of nitrogens with zero attached hydrogens (tertiary/aromatic N) is 3. The summed E-state index contributed by atoms with van der Waals surface area (Å²) in [4.78, 5) is 6.42. The predicted molar refractivity (Wildman–Crippen MR) is 100 cm³/mol. The Morgan fingerprint density at radius 1 is 1.04 bits per heavy atom. The lowest BCUT2D eigenvalue weighted by Gasteiger charge is -2.12. The zero-order chi connectivity index (χ0) is 17.1. The minimum atomic E-state index is 0.135. The third kappa shape index (κ3) is 3.46. The summed E-state index contributed by atoms with van der Waals surface area (Å²) in [5.74, 6) is 1.07. The van der Waals surface area contributed by atoms with Crippen molar-refractivity contribution in [2.24, 2.45) is 0 Å². The van der Waals surface area contributed by atoms with Gasteiger partial charge in [-0.2, -0.15) is 0 Å². The Kier molecular flexibility index (Phi) is 4.62. The van der Waals surface area contributed by atoms with Crippen molar-refractivity contribution in [1.82, 2.24) is 9.55 Å². The van der Waals surface area contributed by atoms with E-state index >= 15 is 0 Å². The molecule has 0 atom stereocenters. The van der Waals surface area contributed by atoms with Gasteiger partial charge in [-0.3, -0.25) is 0 Å². The Balaban J connectivity index is 1.80. The van der Waals surface area contributed by atoms with Gasteiger partial charge in [-0.05, 0) is 35.4 Å². The maximum Gasteiger partial charge on any atom is 0.150 e. The number of hydrogen-bond acceptors (Lipinski definition) is 4. The van der Waals surface area contributed by atoms with E-state index in [2.05, 4.69) is 35.3 Å². The van der Waals surface area contributed by atoms with Crippen LogP contribution in [0.3, 0.4) is 0 Å². The number of benzene rings is 1. The van der Waals surface area contributed by atoms with Crippen molar-refractivity contribution in [1.29, 1.82) is 0 Å². The van der Waals surface area contributed by atoms with E-state index in [1.807, 2.05) is 42.0 Å². The smallest absolute Gasteiger partial charge is 0.150 e. The molecule has 0 bridgehead atoms. The summed E-state index contributed by atoms with van der Waals surface area (Å²) in [6, 6.07) is 15.8. The van der Waals surface area contributed by atoms with Crippen LogP contribution in [0.1, 0.15) is 5.56 Å². The van der Waals surface area contributed by atoms with Gasteiger partial charge in [0.15, 0.2) is 0 Å². The van der Waals surface area contributed by atoms with E-state index in [9.17, 15) is 5.11 Å². The highest BCUT2D eigenvalue weighted by Crippen LogP contribution is 2.21. The van der Waals surface area contributed by atoms with Crippen LogP contribution in [0.4, 0.5) is 5.82 Å². The van der Waals surface area contributed by atoms with E-state index in [0.717, 1.165) is 22.5 Å². The van der Waals surface area contributed by atoms with Crippen LogP contribution >= 0.6 is 12.2 Å². The van der Waals surface area contributed by atoms with E-state index in [4.69, 9.17) is 12.2 Å². The number of aromatic hydroxyl groups is 1. The van der Waals surface area contributed by atoms with Gasteiger partial charge in [-0.15, -0.1) is 0 Å². The minimum absolute atomic E-state index is 0.135. The van der Waals surface area contributed by atoms with Crippen molar-refractivity contribution in [3.8, 4) is 16.9 Å². The first-order valence-corrected chi connectivity index (χ1v) is 8.06. The Hall–Kier alpha value is -2.66. The minimum Gasteiger partial charge on any atom is -0.505 e. The van der Waals surface area contributed by atoms with Gasteiger partial charge in [0.1, 0.15) is 16.2 Å². The molecule has 0 aliphatic carbocycles. The molecule has 3 aromatic rings. The Morgan fingerprint density at radius 2 is 1.75 bits per heavy atom. The first-order chi connectivity index (χ1) is 11.5. The van der Waals surface area contributed by atoms with Crippen molar-refractivity contribution >= 4 is 18.0 Å². The van der Waals surface area contributed by atoms with Crippen molar-refractivity contribution in [3.63, 3.8) is 0 Å². The molecule has 3 rings (SSSR count). The lowest BCUT2D eigenvalue weighted by Crippen LogP contribution is -2.09. The highest BCUT2D eigenvalue weighted by Gasteiger charge is 2.03. The van der Waals surface area contributed by atoms with Gasteiger partial charge < -0.3 is 14.6 Å². The molecule has 0 fully saturated rings. The van der Waals surface area contributed by atoms with Crippen LogP contribution in [0.2, 0.25) is 0 Å². The average molecular weight is 337 g/mol. The zero-order valence-corrected chi connectivity index (χ0v) is 14.5. The monoisotopic (exact) mass is 337 g/mol. The van der Waals surface area contributed by atoms with Crippen LogP contribution in [-0.4, -0.2) is 28.8 Å². The van der Waals surface area contributed by atoms with Crippen LogP contribution < -0.4 is 4.90 Å². The Morgan fingerprint density at radius 3 is 2.38 bits per heavy atom. The quantitative estimate of drug-likeness (QED) is 0.728. The van der Waals surface area contributed by atoms with Crippen LogP contribution in [0.25, 0.3) is 11.1 Å². The van der Waals surface area contributed by atoms with Gasteiger partial charge in [0.05, 0.1) is 0 Å². The summed E-state index contributed by atoms with van der Waals surface area (Å²) in [5, 5.41) is 9.70. The molecular formula is C19H19N3OS. The molecule has 0 spiro atoms. The van der Waals surface area contributed by atoms with Crippen molar-refractivity contribution in [2.45, 2.75) is 6.54 Å². The van der Waals surface area contributed by atoms with E-state index in [1.54, 1.807) is 12.1 Å². The summed E-state index contributed by atoms with van der Waals surface area (Å²) in [6.45, 7) is 0.630. The summed E-state index contributed by atoms with van der Waals surface area (Å²) < 4.78 is 2.30. The first kappa shape index (κ1) is 16.2. The molecule has 122 valence electrons. The number of aromatic nitrogens is 2. The van der Waals surface area contributed by atoms with E-state index in [-0.39, 0.29) is 5.75 Å². The van der Waals surface area contributed by atoms with E-state index in [0.29, 0.717) is 11.2 Å². The lowest BCUT2D eigenvalue weighted by atomic mass is 10.1. The third-order valence-corrected chi connectivity index (χ3v) is 4.29. The van der Waals surface area contributed by atoms with Gasteiger partial charge in [0.2, 0.25) is 0 Å². The molecule has 0 unspecified atom stereocenters. The average Bonchev–Trinajstić information content (AvgIpc) is 2.60. The highest BCUT2D eigenvalue weighted by molar-refractivity contribution is 7.71. The molecule has 0 radical (unpaired) electrons. The van der Waals surface area contributed by atoms with Gasteiger partial charge >= 0.3 is 0 Å². The SMILES string of the molecule is CN(C)c1ccc(-c2ccc(Cn3cccc(O)c3=S)cc2)cn1. The van der Waals surface area contributed by atoms with Gasteiger partial charge in [-0.25, -0.2) is 4.98 Å². The fourth-order valence-corrected chi connectivity index (χ4v) is 2.66. The van der Waals surface area contributed by atoms with E-state index < -0.39 is 0 Å². The van der Waals surface area contributed by atoms with Crippen LogP contribution in [0, 0.1) is 4.64 Å². The number of hydrogen-bond donors (Lipinski definition) is 1. The fraction of sp³-hybridized carbons (Fsp3) is 0.158. The first-order valence-electron chi connectivity index (χ1n) is 7.66. The maximum atomic E-state index is 9.70. The molecule has 0 saturated heterocycles. The molecule has 2 heterocycles. The molecule has 0 aliphatic heterocycles. The van der Waals surface area contributed by atoms with Gasteiger partial charge in [0.25, 0.3) is 0 Å². The van der Waals surface area contributed by atoms with Crippen LogP contribution in [0.15, 0.2) is 60.9 Å². The Labute approximate surface area is 146 Å². The summed E-state index contributed by atoms with van der Waals surface area (Å²) >= 11 is 5.23. The zero-order valence-electron chi connectivity index (χ0n) is 13.7. The normalized spacial score (nSPS) is 10.6. The highest BCUT2D eigenvalue weighted by atomic mass is 32.1. The molecule has 4 nitrogen and oxygen atoms in total. The number of anilines is 1. The second kappa shape index (κ2) is 6.84. The van der Waals surface area contributed by atoms with Gasteiger partial charge in [0, 0.05) is 38.6 Å². The number of rotatable bonds is 4. The lowest BCUT2D eigenvalue weighted by molar-refractivity contribution is 0.464. The molecule has 1 N–H and O–H groups in total. The fourth-order valence-electron chi connectivity index (χ4n) is 2.47. The molecular weight excluding hydrogens is 318 g/mol. The van der Waals surface area contributed by atoms with Gasteiger partial charge in [-0.1, -0.05) is 36.5 Å². The molecule has 1 aromatic carbocycles. The molecule has 0 saturated carbocycles. The van der Waals surface area contributed by atoms with Crippen LogP contribution in [-0.2, 0) is 6.54 Å². The standard InChI is InChI=1S/C19H19N3OS/c1-21(2)18-10-9-16(12-20-18)15-7-5-14(6-8-15)13-22-11-3-4-17(23)19(22)24/h3-12,23H,13H2,1-2H3. The summed E-state index contributed by atoms with van der Waals surface area (Å²) in [6.07, 6.45) is 3.76. The number of pyridine rings is 2. The summed E-state index contributed by atoms with van der Waals surface area (Å²) in [5.41, 5.74) is 3.33. The van der Waals surface area contributed by atoms with Crippen molar-refractivity contribution < 1.29 is 5.11 Å². The molecule has 5 heteroatoms. The Bertz CT molecular complexity index is 884. The topological polar surface area (TPSA) is 41.3 Å². The molecule has 0 amide bonds. The second-order valence-electron chi connectivity index (χ2n) is 5.82. The predicted octanol–water partition coefficient (Wildman–Crippen LogP) is 4.10. The van der Waals surface area contributed by atoms with E-state index in [1.165, 1.54) is 0 Å². The van der Waals surface area contributed by atoms with Crippen LogP contribution in [0.5, 0.6) is 5.75 Å². The van der Waals surface area contributed by atoms with Crippen molar-refractivity contribution in [2.75, 3.05) is 19.0 Å². The van der Waals surface area contributed by atoms with Crippen molar-refractivity contribution in [3.05, 3.63) is 71.1 Å². The largest absolute Gasteiger partial charge is 0.505 e. The maximum absolute atomic E-state index is 9.70. The molecule has 24 heavy (non-hydrogen) atoms. The second-order valence-corrected chi connectivity index (χ2v) is 6.21.